The molecule has 2 aromatic carbocycles. The second-order valence-corrected chi connectivity index (χ2v) is 7.14. The molecular weight excluding hydrogens is 396 g/mol. The van der Waals surface area contributed by atoms with E-state index >= 15 is 0 Å². The lowest BCUT2D eigenvalue weighted by Gasteiger charge is -2.19. The summed E-state index contributed by atoms with van der Waals surface area (Å²) in [5.74, 6) is 0.910. The highest BCUT2D eigenvalue weighted by atomic mass is 35.5. The van der Waals surface area contributed by atoms with Crippen molar-refractivity contribution in [3.8, 4) is 11.5 Å². The number of ether oxygens (including phenoxy) is 2. The summed E-state index contributed by atoms with van der Waals surface area (Å²) in [6.07, 6.45) is 2.19. The van der Waals surface area contributed by atoms with Crippen molar-refractivity contribution in [3.05, 3.63) is 58.7 Å². The van der Waals surface area contributed by atoms with Gasteiger partial charge in [0.15, 0.2) is 5.76 Å². The Morgan fingerprint density at radius 2 is 2.10 bits per heavy atom. The highest BCUT2D eigenvalue weighted by molar-refractivity contribution is 6.32. The van der Waals surface area contributed by atoms with Crippen LogP contribution in [0, 0.1) is 0 Å². The van der Waals surface area contributed by atoms with Gasteiger partial charge in [0.25, 0.3) is 0 Å². The molecule has 0 spiro atoms. The number of hydrogen-bond acceptors (Lipinski definition) is 6. The molecule has 0 saturated heterocycles. The van der Waals surface area contributed by atoms with Gasteiger partial charge in [-0.3, -0.25) is 4.79 Å². The summed E-state index contributed by atoms with van der Waals surface area (Å²) in [4.78, 5) is 16.5. The average Bonchev–Trinajstić information content (AvgIpc) is 3.17. The second kappa shape index (κ2) is 9.07. The molecule has 29 heavy (non-hydrogen) atoms. The van der Waals surface area contributed by atoms with Crippen LogP contribution in [0.4, 0.5) is 5.69 Å². The fraction of sp³-hybridized carbons (Fsp3) is 0.286. The van der Waals surface area contributed by atoms with Crippen LogP contribution in [-0.4, -0.2) is 24.3 Å². The van der Waals surface area contributed by atoms with Crippen molar-refractivity contribution in [1.29, 1.82) is 0 Å². The summed E-state index contributed by atoms with van der Waals surface area (Å²) in [6, 6.07) is 11.0. The first-order valence-corrected chi connectivity index (χ1v) is 9.54. The van der Waals surface area contributed by atoms with E-state index in [1.807, 2.05) is 38.1 Å². The zero-order valence-corrected chi connectivity index (χ0v) is 17.2. The van der Waals surface area contributed by atoms with Gasteiger partial charge < -0.3 is 19.4 Å². The molecule has 0 bridgehead atoms. The summed E-state index contributed by atoms with van der Waals surface area (Å²) in [5, 5.41) is 11.1. The molecule has 2 aromatic rings. The van der Waals surface area contributed by atoms with Crippen molar-refractivity contribution < 1.29 is 24.2 Å². The first-order valence-electron chi connectivity index (χ1n) is 9.17. The third-order valence-corrected chi connectivity index (χ3v) is 4.52. The molecule has 0 aliphatic carbocycles. The predicted molar refractivity (Wildman–Crippen MR) is 111 cm³/mol. The molecular formula is C21H23ClN2O5. The third kappa shape index (κ3) is 4.93. The van der Waals surface area contributed by atoms with Gasteiger partial charge in [0.2, 0.25) is 0 Å². The monoisotopic (exact) mass is 418 g/mol. The number of nitrogens with zero attached hydrogens (tertiary/aromatic N) is 1. The van der Waals surface area contributed by atoms with Crippen molar-refractivity contribution in [2.75, 3.05) is 12.1 Å². The molecule has 3 rings (SSSR count). The van der Waals surface area contributed by atoms with Crippen molar-refractivity contribution >= 4 is 29.0 Å². The largest absolute Gasteiger partial charge is 0.494 e. The molecule has 0 radical (unpaired) electrons. The summed E-state index contributed by atoms with van der Waals surface area (Å²) in [7, 11) is 1.55. The number of aryl methyl sites for hydroxylation is 1. The van der Waals surface area contributed by atoms with Crippen LogP contribution in [-0.2, 0) is 16.1 Å². The highest BCUT2D eigenvalue weighted by Gasteiger charge is 2.22. The number of benzene rings is 2. The standard InChI is InChI=1S/C21H23ClN2O5/c1-13(2)28-18-9-7-15(11-16(18)22)19-12-24(23-29-19)17-6-4-5-14(21(17)27-3)8-10-20(25)26/h4-7,9,11-13,23H,8,10H2,1-3H3,(H,25,26). The SMILES string of the molecule is COc1c(CCC(=O)O)cccc1N1C=C(c2ccc(OC(C)C)c(Cl)c2)ON1. The van der Waals surface area contributed by atoms with Gasteiger partial charge >= 0.3 is 5.97 Å². The van der Waals surface area contributed by atoms with Gasteiger partial charge in [-0.2, -0.15) is 0 Å². The van der Waals surface area contributed by atoms with Gasteiger partial charge in [-0.15, -0.1) is 0 Å². The summed E-state index contributed by atoms with van der Waals surface area (Å²) in [6.45, 7) is 3.87. The van der Waals surface area contributed by atoms with Gasteiger partial charge in [0.1, 0.15) is 17.2 Å². The Labute approximate surface area is 174 Å². The van der Waals surface area contributed by atoms with E-state index in [9.17, 15) is 4.79 Å². The molecule has 0 atom stereocenters. The van der Waals surface area contributed by atoms with E-state index in [1.54, 1.807) is 30.5 Å². The first-order chi connectivity index (χ1) is 13.9. The molecule has 0 aromatic heterocycles. The quantitative estimate of drug-likeness (QED) is 0.657. The predicted octanol–water partition coefficient (Wildman–Crippen LogP) is 4.41. The molecule has 0 saturated carbocycles. The molecule has 2 N–H and O–H groups in total. The molecule has 1 aliphatic rings. The Morgan fingerprint density at radius 3 is 2.76 bits per heavy atom. The topological polar surface area (TPSA) is 80.3 Å². The minimum absolute atomic E-state index is 0.0220. The zero-order chi connectivity index (χ0) is 21.0. The number of para-hydroxylation sites is 1. The van der Waals surface area contributed by atoms with Crippen LogP contribution in [0.1, 0.15) is 31.4 Å². The van der Waals surface area contributed by atoms with Crippen LogP contribution in [0.2, 0.25) is 5.02 Å². The number of carboxylic acid groups (broad SMARTS) is 1. The average molecular weight is 419 g/mol. The Balaban J connectivity index is 1.85. The van der Waals surface area contributed by atoms with E-state index in [2.05, 4.69) is 5.59 Å². The van der Waals surface area contributed by atoms with Crippen LogP contribution in [0.5, 0.6) is 11.5 Å². The number of carboxylic acids is 1. The Kier molecular flexibility index (Phi) is 6.51. The summed E-state index contributed by atoms with van der Waals surface area (Å²) >= 11 is 6.32. The maximum atomic E-state index is 10.9. The number of rotatable bonds is 8. The van der Waals surface area contributed by atoms with Crippen molar-refractivity contribution in [2.24, 2.45) is 0 Å². The highest BCUT2D eigenvalue weighted by Crippen LogP contribution is 2.36. The molecule has 7 nitrogen and oxygen atoms in total. The smallest absolute Gasteiger partial charge is 0.303 e. The number of hydrazine groups is 1. The van der Waals surface area contributed by atoms with Crippen LogP contribution >= 0.6 is 11.6 Å². The van der Waals surface area contributed by atoms with E-state index in [0.29, 0.717) is 34.4 Å². The van der Waals surface area contributed by atoms with Crippen molar-refractivity contribution in [3.63, 3.8) is 0 Å². The number of halogens is 1. The van der Waals surface area contributed by atoms with Gasteiger partial charge in [0.05, 0.1) is 24.4 Å². The maximum Gasteiger partial charge on any atom is 0.303 e. The molecule has 0 amide bonds. The van der Waals surface area contributed by atoms with E-state index in [1.165, 1.54) is 0 Å². The number of anilines is 1. The number of carbonyl (C=O) groups is 1. The third-order valence-electron chi connectivity index (χ3n) is 4.23. The lowest BCUT2D eigenvalue weighted by atomic mass is 10.1. The zero-order valence-electron chi connectivity index (χ0n) is 16.4. The Morgan fingerprint density at radius 1 is 1.31 bits per heavy atom. The van der Waals surface area contributed by atoms with Gasteiger partial charge in [-0.25, -0.2) is 5.01 Å². The molecule has 8 heteroatoms. The van der Waals surface area contributed by atoms with E-state index in [4.69, 9.17) is 31.0 Å². The minimum Gasteiger partial charge on any atom is -0.494 e. The normalized spacial score (nSPS) is 13.3. The van der Waals surface area contributed by atoms with E-state index in [0.717, 1.165) is 11.1 Å². The number of methoxy groups -OCH3 is 1. The fourth-order valence-electron chi connectivity index (χ4n) is 2.96. The summed E-state index contributed by atoms with van der Waals surface area (Å²) < 4.78 is 11.2. The van der Waals surface area contributed by atoms with Crippen molar-refractivity contribution in [2.45, 2.75) is 32.8 Å². The van der Waals surface area contributed by atoms with Crippen LogP contribution < -0.4 is 20.1 Å². The molecule has 1 heterocycles. The molecule has 0 fully saturated rings. The van der Waals surface area contributed by atoms with Crippen molar-refractivity contribution in [1.82, 2.24) is 5.59 Å². The molecule has 1 aliphatic heterocycles. The van der Waals surface area contributed by atoms with E-state index in [-0.39, 0.29) is 12.5 Å². The molecule has 154 valence electrons. The maximum absolute atomic E-state index is 10.9. The lowest BCUT2D eigenvalue weighted by molar-refractivity contribution is -0.136. The van der Waals surface area contributed by atoms with Gasteiger partial charge in [-0.1, -0.05) is 29.3 Å². The Hall–Kier alpha value is -2.90. The van der Waals surface area contributed by atoms with Crippen LogP contribution in [0.25, 0.3) is 5.76 Å². The second-order valence-electron chi connectivity index (χ2n) is 6.73. The minimum atomic E-state index is -0.857. The number of aliphatic carboxylic acids is 1. The van der Waals surface area contributed by atoms with Crippen LogP contribution in [0.15, 0.2) is 42.6 Å². The van der Waals surface area contributed by atoms with Crippen LogP contribution in [0.3, 0.4) is 0 Å². The van der Waals surface area contributed by atoms with E-state index < -0.39 is 5.97 Å². The summed E-state index contributed by atoms with van der Waals surface area (Å²) in [5.41, 5.74) is 5.11. The lowest BCUT2D eigenvalue weighted by Crippen LogP contribution is -2.27. The fourth-order valence-corrected chi connectivity index (χ4v) is 3.18. The Bertz CT molecular complexity index is 929. The van der Waals surface area contributed by atoms with Gasteiger partial charge in [0, 0.05) is 12.0 Å². The first kappa shape index (κ1) is 20.8. The number of hydrogen-bond donors (Lipinski definition) is 2. The molecule has 0 unspecified atom stereocenters. The van der Waals surface area contributed by atoms with Gasteiger partial charge in [-0.05, 0) is 50.1 Å². The number of nitrogens with one attached hydrogen (secondary N) is 1.